The van der Waals surface area contributed by atoms with E-state index in [0.29, 0.717) is 12.0 Å². The van der Waals surface area contributed by atoms with Gasteiger partial charge in [0.15, 0.2) is 0 Å². The molecule has 0 saturated heterocycles. The largest absolute Gasteiger partial charge is 0.367 e. The van der Waals surface area contributed by atoms with Crippen molar-refractivity contribution in [2.45, 2.75) is 70.8 Å². The first-order valence-electron chi connectivity index (χ1n) is 8.57. The van der Waals surface area contributed by atoms with Gasteiger partial charge in [-0.25, -0.2) is 4.98 Å². The Hall–Kier alpha value is -1.51. The van der Waals surface area contributed by atoms with Crippen molar-refractivity contribution in [2.75, 3.05) is 5.32 Å². The monoisotopic (exact) mass is 285 g/mol. The fourth-order valence-corrected chi connectivity index (χ4v) is 3.56. The van der Waals surface area contributed by atoms with Gasteiger partial charge in [0, 0.05) is 18.2 Å². The summed E-state index contributed by atoms with van der Waals surface area (Å²) in [6, 6.07) is 6.89. The molecule has 3 nitrogen and oxygen atoms in total. The van der Waals surface area contributed by atoms with Gasteiger partial charge in [-0.2, -0.15) is 0 Å². The summed E-state index contributed by atoms with van der Waals surface area (Å²) in [7, 11) is 0. The number of fused-ring (bicyclic) bond motifs is 1. The van der Waals surface area contributed by atoms with Crippen LogP contribution >= 0.6 is 0 Å². The Morgan fingerprint density at radius 3 is 2.67 bits per heavy atom. The molecule has 2 heterocycles. The molecule has 0 unspecified atom stereocenters. The minimum atomic E-state index is 0.552. The zero-order valence-corrected chi connectivity index (χ0v) is 13.3. The Morgan fingerprint density at radius 2 is 1.95 bits per heavy atom. The first-order chi connectivity index (χ1) is 10.3. The predicted octanol–water partition coefficient (Wildman–Crippen LogP) is 4.98. The second kappa shape index (κ2) is 6.50. The van der Waals surface area contributed by atoms with E-state index in [1.54, 1.807) is 0 Å². The van der Waals surface area contributed by atoms with Crippen LogP contribution in [0.1, 0.15) is 70.4 Å². The summed E-state index contributed by atoms with van der Waals surface area (Å²) in [4.78, 5) is 4.92. The number of anilines is 1. The maximum Gasteiger partial charge on any atom is 0.138 e. The molecular weight excluding hydrogens is 258 g/mol. The second-order valence-electron chi connectivity index (χ2n) is 6.27. The zero-order valence-electron chi connectivity index (χ0n) is 13.3. The molecule has 1 aliphatic carbocycles. The van der Waals surface area contributed by atoms with E-state index in [2.05, 4.69) is 48.0 Å². The first kappa shape index (κ1) is 14.4. The van der Waals surface area contributed by atoms with E-state index in [-0.39, 0.29) is 0 Å². The van der Waals surface area contributed by atoms with Gasteiger partial charge in [0.25, 0.3) is 0 Å². The maximum absolute atomic E-state index is 4.92. The van der Waals surface area contributed by atoms with Gasteiger partial charge in [-0.3, -0.25) is 4.40 Å². The van der Waals surface area contributed by atoms with Gasteiger partial charge >= 0.3 is 0 Å². The van der Waals surface area contributed by atoms with E-state index < -0.39 is 0 Å². The number of hydrogen-bond donors (Lipinski definition) is 1. The molecule has 3 heteroatoms. The maximum atomic E-state index is 4.92. The van der Waals surface area contributed by atoms with Crippen molar-refractivity contribution < 1.29 is 0 Å². The van der Waals surface area contributed by atoms with Crippen molar-refractivity contribution in [1.82, 2.24) is 9.38 Å². The van der Waals surface area contributed by atoms with Crippen molar-refractivity contribution in [3.8, 4) is 0 Å². The third kappa shape index (κ3) is 2.92. The lowest BCUT2D eigenvalue weighted by Gasteiger charge is -2.25. The van der Waals surface area contributed by atoms with Gasteiger partial charge in [-0.05, 0) is 37.8 Å². The summed E-state index contributed by atoms with van der Waals surface area (Å²) < 4.78 is 2.24. The van der Waals surface area contributed by atoms with Gasteiger partial charge in [-0.15, -0.1) is 0 Å². The van der Waals surface area contributed by atoms with Gasteiger partial charge in [-0.1, -0.05) is 39.2 Å². The number of nitrogens with one attached hydrogen (secondary N) is 1. The van der Waals surface area contributed by atoms with E-state index in [1.165, 1.54) is 43.6 Å². The van der Waals surface area contributed by atoms with Crippen molar-refractivity contribution in [3.63, 3.8) is 0 Å². The van der Waals surface area contributed by atoms with Crippen LogP contribution in [0, 0.1) is 0 Å². The summed E-state index contributed by atoms with van der Waals surface area (Å²) in [5, 5.41) is 3.82. The lowest BCUT2D eigenvalue weighted by Crippen LogP contribution is -2.24. The Balaban J connectivity index is 1.98. The molecule has 114 valence electrons. The average Bonchev–Trinajstić information content (AvgIpc) is 2.89. The molecular formula is C18H27N3. The molecule has 2 aromatic heterocycles. The molecule has 0 bridgehead atoms. The van der Waals surface area contributed by atoms with Crippen molar-refractivity contribution >= 4 is 11.5 Å². The van der Waals surface area contributed by atoms with Crippen LogP contribution in [0.3, 0.4) is 0 Å². The molecule has 1 saturated carbocycles. The molecule has 0 amide bonds. The molecule has 0 spiro atoms. The fourth-order valence-electron chi connectivity index (χ4n) is 3.56. The van der Waals surface area contributed by atoms with E-state index in [0.717, 1.165) is 18.5 Å². The van der Waals surface area contributed by atoms with Crippen LogP contribution in [0.25, 0.3) is 5.65 Å². The molecule has 1 aliphatic rings. The summed E-state index contributed by atoms with van der Waals surface area (Å²) in [6.45, 7) is 4.53. The first-order valence-corrected chi connectivity index (χ1v) is 8.57. The summed E-state index contributed by atoms with van der Waals surface area (Å²) in [6.07, 6.45) is 11.1. The Kier molecular flexibility index (Phi) is 4.47. The second-order valence-corrected chi connectivity index (χ2v) is 6.27. The smallest absolute Gasteiger partial charge is 0.138 e. The number of aromatic nitrogens is 2. The quantitative estimate of drug-likeness (QED) is 0.839. The SMILES string of the molecule is CCC(CC)c1nc2ccccn2c1NC1CCCCC1. The predicted molar refractivity (Wildman–Crippen MR) is 89.0 cm³/mol. The molecule has 0 aliphatic heterocycles. The molecule has 0 radical (unpaired) electrons. The van der Waals surface area contributed by atoms with Gasteiger partial charge < -0.3 is 5.32 Å². The normalized spacial score (nSPS) is 16.7. The van der Waals surface area contributed by atoms with Crippen LogP contribution < -0.4 is 5.32 Å². The molecule has 21 heavy (non-hydrogen) atoms. The van der Waals surface area contributed by atoms with E-state index in [1.807, 2.05) is 0 Å². The van der Waals surface area contributed by atoms with Crippen molar-refractivity contribution in [2.24, 2.45) is 0 Å². The highest BCUT2D eigenvalue weighted by Crippen LogP contribution is 2.32. The molecule has 0 atom stereocenters. The number of pyridine rings is 1. The average molecular weight is 285 g/mol. The van der Waals surface area contributed by atoms with Crippen molar-refractivity contribution in [3.05, 3.63) is 30.1 Å². The third-order valence-corrected chi connectivity index (χ3v) is 4.88. The number of rotatable bonds is 5. The lowest BCUT2D eigenvalue weighted by atomic mass is 9.94. The van der Waals surface area contributed by atoms with Gasteiger partial charge in [0.2, 0.25) is 0 Å². The molecule has 1 N–H and O–H groups in total. The fraction of sp³-hybridized carbons (Fsp3) is 0.611. The van der Waals surface area contributed by atoms with Crippen LogP contribution in [0.4, 0.5) is 5.82 Å². The van der Waals surface area contributed by atoms with Gasteiger partial charge in [0.1, 0.15) is 11.5 Å². The van der Waals surface area contributed by atoms with Crippen LogP contribution in [0.15, 0.2) is 24.4 Å². The summed E-state index contributed by atoms with van der Waals surface area (Å²) in [5.74, 6) is 1.79. The third-order valence-electron chi connectivity index (χ3n) is 4.88. The number of nitrogens with zero attached hydrogens (tertiary/aromatic N) is 2. The zero-order chi connectivity index (χ0) is 14.7. The summed E-state index contributed by atoms with van der Waals surface area (Å²) >= 11 is 0. The molecule has 1 fully saturated rings. The minimum Gasteiger partial charge on any atom is -0.367 e. The van der Waals surface area contributed by atoms with E-state index in [4.69, 9.17) is 4.98 Å². The number of hydrogen-bond acceptors (Lipinski definition) is 2. The highest BCUT2D eigenvalue weighted by molar-refractivity contribution is 5.56. The highest BCUT2D eigenvalue weighted by Gasteiger charge is 2.22. The Labute approximate surface area is 127 Å². The minimum absolute atomic E-state index is 0.552. The highest BCUT2D eigenvalue weighted by atomic mass is 15.1. The Morgan fingerprint density at radius 1 is 1.19 bits per heavy atom. The van der Waals surface area contributed by atoms with Crippen LogP contribution in [-0.4, -0.2) is 15.4 Å². The van der Waals surface area contributed by atoms with Crippen molar-refractivity contribution in [1.29, 1.82) is 0 Å². The molecule has 2 aromatic rings. The lowest BCUT2D eigenvalue weighted by molar-refractivity contribution is 0.460. The standard InChI is InChI=1S/C18H27N3/c1-3-14(4-2)17-18(19-15-10-6-5-7-11-15)21-13-9-8-12-16(21)20-17/h8-9,12-15,19H,3-7,10-11H2,1-2H3. The summed E-state index contributed by atoms with van der Waals surface area (Å²) in [5.41, 5.74) is 2.33. The molecule has 3 rings (SSSR count). The topological polar surface area (TPSA) is 29.3 Å². The van der Waals surface area contributed by atoms with Crippen LogP contribution in [-0.2, 0) is 0 Å². The van der Waals surface area contributed by atoms with Crippen LogP contribution in [0.2, 0.25) is 0 Å². The number of imidazole rings is 1. The van der Waals surface area contributed by atoms with Crippen LogP contribution in [0.5, 0.6) is 0 Å². The Bertz CT molecular complexity index is 577. The molecule has 0 aromatic carbocycles. The van der Waals surface area contributed by atoms with E-state index in [9.17, 15) is 0 Å². The van der Waals surface area contributed by atoms with E-state index >= 15 is 0 Å². The van der Waals surface area contributed by atoms with Gasteiger partial charge in [0.05, 0.1) is 5.69 Å².